The van der Waals surface area contributed by atoms with Gasteiger partial charge in [0.25, 0.3) is 0 Å². The molecular formula is C18H14F3N5OS. The molecule has 0 atom stereocenters. The number of halogens is 3. The number of anilines is 1. The monoisotopic (exact) mass is 405 g/mol. The summed E-state index contributed by atoms with van der Waals surface area (Å²) in [4.78, 5) is 9.07. The van der Waals surface area contributed by atoms with Gasteiger partial charge in [-0.05, 0) is 36.2 Å². The molecule has 0 fully saturated rings. The molecule has 1 aromatic carbocycles. The smallest absolute Gasteiger partial charge is 0.406 e. The van der Waals surface area contributed by atoms with Crippen molar-refractivity contribution < 1.29 is 17.9 Å². The second-order valence-electron chi connectivity index (χ2n) is 5.87. The number of rotatable bonds is 6. The van der Waals surface area contributed by atoms with Crippen molar-refractivity contribution in [3.8, 4) is 17.0 Å². The number of benzene rings is 1. The fourth-order valence-electron chi connectivity index (χ4n) is 2.63. The summed E-state index contributed by atoms with van der Waals surface area (Å²) >= 11 is 1.37. The van der Waals surface area contributed by atoms with Crippen molar-refractivity contribution in [1.29, 1.82) is 0 Å². The van der Waals surface area contributed by atoms with E-state index in [2.05, 4.69) is 25.1 Å². The van der Waals surface area contributed by atoms with Gasteiger partial charge in [-0.3, -0.25) is 4.98 Å². The fraction of sp³-hybridized carbons (Fsp3) is 0.167. The van der Waals surface area contributed by atoms with Crippen molar-refractivity contribution >= 4 is 21.4 Å². The van der Waals surface area contributed by atoms with E-state index >= 15 is 0 Å². The first kappa shape index (κ1) is 18.2. The molecule has 28 heavy (non-hydrogen) atoms. The molecule has 10 heteroatoms. The highest BCUT2D eigenvalue weighted by Crippen LogP contribution is 2.29. The highest BCUT2D eigenvalue weighted by molar-refractivity contribution is 7.20. The molecule has 0 unspecified atom stereocenters. The van der Waals surface area contributed by atoms with E-state index in [0.29, 0.717) is 22.8 Å². The topological polar surface area (TPSA) is 64.3 Å². The molecule has 0 bridgehead atoms. The van der Waals surface area contributed by atoms with E-state index in [4.69, 9.17) is 0 Å². The van der Waals surface area contributed by atoms with E-state index in [1.54, 1.807) is 29.2 Å². The van der Waals surface area contributed by atoms with Gasteiger partial charge in [0.15, 0.2) is 0 Å². The molecule has 4 rings (SSSR count). The second-order valence-corrected chi connectivity index (χ2v) is 6.82. The lowest BCUT2D eigenvalue weighted by Gasteiger charge is -2.09. The molecule has 3 heterocycles. The predicted molar refractivity (Wildman–Crippen MR) is 99.4 cm³/mol. The van der Waals surface area contributed by atoms with Crippen LogP contribution in [0.2, 0.25) is 0 Å². The first-order chi connectivity index (χ1) is 13.5. The molecule has 0 aliphatic rings. The maximum absolute atomic E-state index is 12.4. The third-order valence-electron chi connectivity index (χ3n) is 3.85. The summed E-state index contributed by atoms with van der Waals surface area (Å²) in [6.45, 7) is 0.713. The molecule has 0 aliphatic carbocycles. The Hall–Kier alpha value is -3.14. The molecule has 0 spiro atoms. The van der Waals surface area contributed by atoms with E-state index in [1.807, 2.05) is 12.1 Å². The number of hydrogen-bond acceptors (Lipinski definition) is 6. The number of alkyl halides is 3. The van der Waals surface area contributed by atoms with Crippen LogP contribution in [-0.2, 0) is 6.42 Å². The van der Waals surface area contributed by atoms with Gasteiger partial charge >= 0.3 is 6.36 Å². The van der Waals surface area contributed by atoms with Gasteiger partial charge in [0.1, 0.15) is 5.75 Å². The number of ether oxygens (including phenoxy) is 1. The van der Waals surface area contributed by atoms with E-state index in [1.165, 1.54) is 35.1 Å². The van der Waals surface area contributed by atoms with Gasteiger partial charge in [0.05, 0.1) is 11.9 Å². The molecule has 0 saturated heterocycles. The lowest BCUT2D eigenvalue weighted by Crippen LogP contribution is -2.17. The summed E-state index contributed by atoms with van der Waals surface area (Å²) in [7, 11) is 0. The first-order valence-corrected chi connectivity index (χ1v) is 9.13. The number of nitrogens with one attached hydrogen (secondary N) is 1. The van der Waals surface area contributed by atoms with Crippen LogP contribution in [0.15, 0.2) is 55.0 Å². The van der Waals surface area contributed by atoms with E-state index < -0.39 is 6.36 Å². The number of fused-ring (bicyclic) bond motifs is 1. The van der Waals surface area contributed by atoms with Crippen LogP contribution in [0.5, 0.6) is 5.75 Å². The molecular weight excluding hydrogens is 391 g/mol. The molecule has 4 aromatic rings. The van der Waals surface area contributed by atoms with Crippen molar-refractivity contribution in [2.45, 2.75) is 12.8 Å². The molecule has 3 aromatic heterocycles. The van der Waals surface area contributed by atoms with Crippen LogP contribution in [0, 0.1) is 0 Å². The van der Waals surface area contributed by atoms with Crippen molar-refractivity contribution in [3.63, 3.8) is 0 Å². The Morgan fingerprint density at radius 3 is 2.71 bits per heavy atom. The largest absolute Gasteiger partial charge is 0.573 e. The molecule has 0 amide bonds. The second kappa shape index (κ2) is 7.47. The molecule has 0 radical (unpaired) electrons. The Labute approximate surface area is 161 Å². The third-order valence-corrected chi connectivity index (χ3v) is 4.73. The number of aromatic nitrogens is 4. The summed E-state index contributed by atoms with van der Waals surface area (Å²) in [6.07, 6.45) is 1.28. The standard InChI is InChI=1S/C18H14F3N5OS/c19-18(20,21)27-14-3-1-2-13(10-14)15-11-26-17(24-15)28-16(25-26)23-9-6-12-4-7-22-8-5-12/h1-5,7-8,10-11H,6,9H2,(H,23,25). The molecule has 144 valence electrons. The Morgan fingerprint density at radius 1 is 1.14 bits per heavy atom. The normalized spacial score (nSPS) is 11.7. The fourth-order valence-corrected chi connectivity index (χ4v) is 3.43. The molecule has 1 N–H and O–H groups in total. The maximum Gasteiger partial charge on any atom is 0.573 e. The third kappa shape index (κ3) is 4.39. The number of imidazole rings is 1. The van der Waals surface area contributed by atoms with Crippen LogP contribution in [0.4, 0.5) is 18.3 Å². The summed E-state index contributed by atoms with van der Waals surface area (Å²) in [5.41, 5.74) is 2.22. The minimum Gasteiger partial charge on any atom is -0.406 e. The first-order valence-electron chi connectivity index (χ1n) is 8.31. The lowest BCUT2D eigenvalue weighted by molar-refractivity contribution is -0.274. The maximum atomic E-state index is 12.4. The Morgan fingerprint density at radius 2 is 1.96 bits per heavy atom. The van der Waals surface area contributed by atoms with Gasteiger partial charge in [-0.1, -0.05) is 23.5 Å². The molecule has 6 nitrogen and oxygen atoms in total. The highest BCUT2D eigenvalue weighted by Gasteiger charge is 2.31. The number of hydrogen-bond donors (Lipinski definition) is 1. The van der Waals surface area contributed by atoms with Crippen LogP contribution >= 0.6 is 11.3 Å². The van der Waals surface area contributed by atoms with Crippen LogP contribution in [-0.4, -0.2) is 32.5 Å². The average molecular weight is 405 g/mol. The van der Waals surface area contributed by atoms with Crippen molar-refractivity contribution in [1.82, 2.24) is 19.6 Å². The zero-order valence-electron chi connectivity index (χ0n) is 14.3. The highest BCUT2D eigenvalue weighted by atomic mass is 32.1. The van der Waals surface area contributed by atoms with Gasteiger partial charge in [-0.25, -0.2) is 9.50 Å². The zero-order chi connectivity index (χ0) is 19.6. The molecule has 0 aliphatic heterocycles. The van der Waals surface area contributed by atoms with Gasteiger partial charge in [0, 0.05) is 24.5 Å². The lowest BCUT2D eigenvalue weighted by atomic mass is 10.1. The summed E-state index contributed by atoms with van der Waals surface area (Å²) in [6, 6.07) is 9.62. The minimum atomic E-state index is -4.73. The molecule has 0 saturated carbocycles. The van der Waals surface area contributed by atoms with Crippen LogP contribution < -0.4 is 10.1 Å². The SMILES string of the molecule is FC(F)(F)Oc1cccc(-c2cn3nc(NCCc4ccncc4)sc3n2)c1. The number of pyridine rings is 1. The Balaban J connectivity index is 1.45. The van der Waals surface area contributed by atoms with E-state index in [0.717, 1.165) is 11.6 Å². The van der Waals surface area contributed by atoms with E-state index in [-0.39, 0.29) is 5.75 Å². The van der Waals surface area contributed by atoms with Crippen LogP contribution in [0.1, 0.15) is 5.56 Å². The Bertz CT molecular complexity index is 1050. The van der Waals surface area contributed by atoms with Gasteiger partial charge in [0.2, 0.25) is 10.1 Å². The predicted octanol–water partition coefficient (Wildman–Crippen LogP) is 4.41. The minimum absolute atomic E-state index is 0.284. The van der Waals surface area contributed by atoms with Gasteiger partial charge < -0.3 is 10.1 Å². The summed E-state index contributed by atoms with van der Waals surface area (Å²) in [5.74, 6) is -0.284. The van der Waals surface area contributed by atoms with Gasteiger partial charge in [-0.15, -0.1) is 18.3 Å². The van der Waals surface area contributed by atoms with Gasteiger partial charge in [-0.2, -0.15) is 0 Å². The van der Waals surface area contributed by atoms with E-state index in [9.17, 15) is 13.2 Å². The quantitative estimate of drug-likeness (QED) is 0.515. The average Bonchev–Trinajstić information content (AvgIpc) is 3.20. The zero-order valence-corrected chi connectivity index (χ0v) is 15.2. The van der Waals surface area contributed by atoms with Crippen molar-refractivity contribution in [2.24, 2.45) is 0 Å². The summed E-state index contributed by atoms with van der Waals surface area (Å²) < 4.78 is 42.7. The summed E-state index contributed by atoms with van der Waals surface area (Å²) in [5, 5.41) is 8.37. The van der Waals surface area contributed by atoms with Crippen LogP contribution in [0.3, 0.4) is 0 Å². The Kier molecular flexibility index (Phi) is 4.86. The number of nitrogens with zero attached hydrogens (tertiary/aromatic N) is 4. The van der Waals surface area contributed by atoms with Crippen LogP contribution in [0.25, 0.3) is 16.2 Å². The van der Waals surface area contributed by atoms with Crippen molar-refractivity contribution in [2.75, 3.05) is 11.9 Å². The van der Waals surface area contributed by atoms with Crippen molar-refractivity contribution in [3.05, 3.63) is 60.6 Å².